The van der Waals surface area contributed by atoms with Crippen molar-refractivity contribution in [2.75, 3.05) is 19.9 Å². The average molecular weight is 384 g/mol. The van der Waals surface area contributed by atoms with Crippen LogP contribution in [0.2, 0.25) is 5.02 Å². The summed E-state index contributed by atoms with van der Waals surface area (Å²) in [5.41, 5.74) is 1.83. The van der Waals surface area contributed by atoms with Crippen LogP contribution in [-0.4, -0.2) is 28.4 Å². The highest BCUT2D eigenvalue weighted by Crippen LogP contribution is 2.33. The van der Waals surface area contributed by atoms with Crippen LogP contribution in [0.5, 0.6) is 17.2 Å². The summed E-state index contributed by atoms with van der Waals surface area (Å²) in [6, 6.07) is 8.13. The second-order valence-corrected chi connectivity index (χ2v) is 7.78. The van der Waals surface area contributed by atoms with E-state index in [-0.39, 0.29) is 24.8 Å². The molecule has 0 unspecified atom stereocenters. The van der Waals surface area contributed by atoms with Gasteiger partial charge in [-0.2, -0.15) is 0 Å². The zero-order valence-corrected chi connectivity index (χ0v) is 15.4. The molecule has 0 atom stereocenters. The van der Waals surface area contributed by atoms with Gasteiger partial charge in [-0.15, -0.1) is 0 Å². The van der Waals surface area contributed by atoms with Gasteiger partial charge < -0.3 is 14.2 Å². The van der Waals surface area contributed by atoms with Gasteiger partial charge in [-0.1, -0.05) is 11.6 Å². The van der Waals surface area contributed by atoms with E-state index in [1.54, 1.807) is 6.07 Å². The Labute approximate surface area is 151 Å². The third-order valence-electron chi connectivity index (χ3n) is 3.73. The monoisotopic (exact) mass is 383 g/mol. The van der Waals surface area contributed by atoms with Gasteiger partial charge in [0, 0.05) is 17.6 Å². The van der Waals surface area contributed by atoms with E-state index in [1.807, 2.05) is 26.0 Å². The van der Waals surface area contributed by atoms with E-state index in [1.165, 1.54) is 12.1 Å². The molecular formula is C17H18ClNO5S. The zero-order valence-electron chi connectivity index (χ0n) is 13.8. The van der Waals surface area contributed by atoms with E-state index < -0.39 is 10.0 Å². The molecule has 1 aliphatic rings. The first kappa shape index (κ1) is 17.8. The van der Waals surface area contributed by atoms with Crippen molar-refractivity contribution in [2.24, 2.45) is 0 Å². The van der Waals surface area contributed by atoms with Gasteiger partial charge in [-0.05, 0) is 49.2 Å². The molecule has 134 valence electrons. The van der Waals surface area contributed by atoms with Crippen molar-refractivity contribution in [3.8, 4) is 17.2 Å². The van der Waals surface area contributed by atoms with Gasteiger partial charge in [0.05, 0.1) is 4.90 Å². The predicted molar refractivity (Wildman–Crippen MR) is 94.2 cm³/mol. The molecular weight excluding hydrogens is 366 g/mol. The van der Waals surface area contributed by atoms with Gasteiger partial charge in [0.25, 0.3) is 0 Å². The van der Waals surface area contributed by atoms with Crippen molar-refractivity contribution in [3.63, 3.8) is 0 Å². The molecule has 1 aliphatic heterocycles. The molecule has 8 heteroatoms. The fraction of sp³-hybridized carbons (Fsp3) is 0.294. The lowest BCUT2D eigenvalue weighted by atomic mass is 10.1. The molecule has 2 aromatic rings. The smallest absolute Gasteiger partial charge is 0.240 e. The fourth-order valence-corrected chi connectivity index (χ4v) is 3.60. The van der Waals surface area contributed by atoms with Gasteiger partial charge in [0.15, 0.2) is 11.5 Å². The fourth-order valence-electron chi connectivity index (χ4n) is 2.46. The van der Waals surface area contributed by atoms with Crippen LogP contribution in [0.3, 0.4) is 0 Å². The molecule has 0 saturated heterocycles. The maximum Gasteiger partial charge on any atom is 0.240 e. The molecule has 6 nitrogen and oxygen atoms in total. The van der Waals surface area contributed by atoms with Crippen molar-refractivity contribution in [3.05, 3.63) is 46.5 Å². The number of hydrogen-bond donors (Lipinski definition) is 1. The lowest BCUT2D eigenvalue weighted by Gasteiger charge is -2.11. The van der Waals surface area contributed by atoms with Crippen LogP contribution in [-0.2, 0) is 10.0 Å². The summed E-state index contributed by atoms with van der Waals surface area (Å²) < 4.78 is 43.1. The first-order chi connectivity index (χ1) is 11.9. The van der Waals surface area contributed by atoms with E-state index >= 15 is 0 Å². The van der Waals surface area contributed by atoms with Crippen LogP contribution >= 0.6 is 11.6 Å². The van der Waals surface area contributed by atoms with Gasteiger partial charge in [0.1, 0.15) is 12.4 Å². The van der Waals surface area contributed by atoms with E-state index in [9.17, 15) is 8.42 Å². The summed E-state index contributed by atoms with van der Waals surface area (Å²) >= 11 is 6.11. The van der Waals surface area contributed by atoms with E-state index in [2.05, 4.69) is 4.72 Å². The minimum atomic E-state index is -3.65. The molecule has 3 rings (SSSR count). The summed E-state index contributed by atoms with van der Waals surface area (Å²) in [5, 5.41) is 0.705. The normalized spacial score (nSPS) is 13.1. The van der Waals surface area contributed by atoms with Crippen LogP contribution in [0.15, 0.2) is 35.2 Å². The highest BCUT2D eigenvalue weighted by atomic mass is 35.5. The van der Waals surface area contributed by atoms with Gasteiger partial charge >= 0.3 is 0 Å². The Morgan fingerprint density at radius 1 is 1.12 bits per heavy atom. The predicted octanol–water partition coefficient (Wildman–Crippen LogP) is 3.04. The van der Waals surface area contributed by atoms with E-state index in [4.69, 9.17) is 25.8 Å². The number of aryl methyl sites for hydroxylation is 2. The van der Waals surface area contributed by atoms with Crippen molar-refractivity contribution < 1.29 is 22.6 Å². The molecule has 0 fully saturated rings. The Balaban J connectivity index is 1.58. The molecule has 1 heterocycles. The van der Waals surface area contributed by atoms with Gasteiger partial charge in [0.2, 0.25) is 16.8 Å². The minimum Gasteiger partial charge on any atom is -0.492 e. The topological polar surface area (TPSA) is 73.9 Å². The van der Waals surface area contributed by atoms with Crippen LogP contribution < -0.4 is 18.9 Å². The van der Waals surface area contributed by atoms with Crippen molar-refractivity contribution >= 4 is 21.6 Å². The number of ether oxygens (including phenoxy) is 3. The Bertz CT molecular complexity index is 875. The molecule has 1 N–H and O–H groups in total. The molecule has 0 radical (unpaired) electrons. The molecule has 2 aromatic carbocycles. The summed E-state index contributed by atoms with van der Waals surface area (Å²) in [4.78, 5) is 0.120. The molecule has 0 spiro atoms. The highest BCUT2D eigenvalue weighted by molar-refractivity contribution is 7.89. The lowest BCUT2D eigenvalue weighted by Crippen LogP contribution is -2.28. The number of nitrogens with one attached hydrogen (secondary N) is 1. The molecule has 0 amide bonds. The maximum absolute atomic E-state index is 12.3. The Kier molecular flexibility index (Phi) is 5.08. The first-order valence-electron chi connectivity index (χ1n) is 7.66. The lowest BCUT2D eigenvalue weighted by molar-refractivity contribution is 0.174. The summed E-state index contributed by atoms with van der Waals surface area (Å²) in [5.74, 6) is 1.61. The van der Waals surface area contributed by atoms with Gasteiger partial charge in [-0.3, -0.25) is 0 Å². The summed E-state index contributed by atoms with van der Waals surface area (Å²) in [6.45, 7) is 4.22. The Hall–Kier alpha value is -1.96. The third kappa shape index (κ3) is 4.00. The van der Waals surface area contributed by atoms with Crippen LogP contribution in [0.4, 0.5) is 0 Å². The molecule has 25 heavy (non-hydrogen) atoms. The molecule has 0 saturated carbocycles. The quantitative estimate of drug-likeness (QED) is 0.776. The number of benzene rings is 2. The number of halogens is 1. The minimum absolute atomic E-state index is 0.0973. The first-order valence-corrected chi connectivity index (χ1v) is 9.52. The zero-order chi connectivity index (χ0) is 18.0. The van der Waals surface area contributed by atoms with E-state index in [0.717, 1.165) is 11.1 Å². The largest absolute Gasteiger partial charge is 0.492 e. The highest BCUT2D eigenvalue weighted by Gasteiger charge is 2.19. The van der Waals surface area contributed by atoms with Crippen LogP contribution in [0.25, 0.3) is 0 Å². The number of sulfonamides is 1. The Morgan fingerprint density at radius 2 is 1.80 bits per heavy atom. The number of rotatable bonds is 6. The average Bonchev–Trinajstić information content (AvgIpc) is 3.04. The van der Waals surface area contributed by atoms with Crippen molar-refractivity contribution in [1.29, 1.82) is 0 Å². The van der Waals surface area contributed by atoms with Crippen molar-refractivity contribution in [2.45, 2.75) is 18.7 Å². The standard InChI is InChI=1S/C17H18ClNO5S/c1-11-7-13(8-12(2)17(11)18)22-6-5-19-25(20,21)14-3-4-15-16(9-14)24-10-23-15/h3-4,7-9,19H,5-6,10H2,1-2H3. The van der Waals surface area contributed by atoms with Crippen LogP contribution in [0, 0.1) is 13.8 Å². The number of fused-ring (bicyclic) bond motifs is 1. The number of hydrogen-bond acceptors (Lipinski definition) is 5. The van der Waals surface area contributed by atoms with Crippen LogP contribution in [0.1, 0.15) is 11.1 Å². The summed E-state index contributed by atoms with van der Waals surface area (Å²) in [7, 11) is -3.65. The third-order valence-corrected chi connectivity index (χ3v) is 5.78. The molecule has 0 aromatic heterocycles. The van der Waals surface area contributed by atoms with Crippen molar-refractivity contribution in [1.82, 2.24) is 4.72 Å². The maximum atomic E-state index is 12.3. The molecule has 0 bridgehead atoms. The second kappa shape index (κ2) is 7.11. The SMILES string of the molecule is Cc1cc(OCCNS(=O)(=O)c2ccc3c(c2)OCO3)cc(C)c1Cl. The summed E-state index contributed by atoms with van der Waals surface area (Å²) in [6.07, 6.45) is 0. The molecule has 0 aliphatic carbocycles. The Morgan fingerprint density at radius 3 is 2.52 bits per heavy atom. The van der Waals surface area contributed by atoms with Gasteiger partial charge in [-0.25, -0.2) is 13.1 Å². The van der Waals surface area contributed by atoms with E-state index in [0.29, 0.717) is 22.3 Å². The second-order valence-electron chi connectivity index (χ2n) is 5.63.